The number of hydrogen-bond donors (Lipinski definition) is 2. The molecular weight excluding hydrogens is 328 g/mol. The van der Waals surface area contributed by atoms with E-state index in [1.54, 1.807) is 4.90 Å². The summed E-state index contributed by atoms with van der Waals surface area (Å²) in [6.45, 7) is 3.79. The number of urea groups is 1. The minimum atomic E-state index is -0.270. The molecule has 0 aromatic heterocycles. The molecule has 3 amide bonds. The molecule has 3 rings (SSSR count). The number of nitrogens with zero attached hydrogens (tertiary/aromatic N) is 2. The van der Waals surface area contributed by atoms with Gasteiger partial charge in [-0.3, -0.25) is 4.79 Å². The fourth-order valence-corrected chi connectivity index (χ4v) is 4.30. The molecule has 1 aromatic rings. The van der Waals surface area contributed by atoms with Crippen LogP contribution in [0.4, 0.5) is 4.79 Å². The lowest BCUT2D eigenvalue weighted by Crippen LogP contribution is -2.40. The summed E-state index contributed by atoms with van der Waals surface area (Å²) in [5.74, 6) is 0.184. The van der Waals surface area contributed by atoms with Crippen LogP contribution in [0.5, 0.6) is 0 Å². The molecule has 0 spiro atoms. The minimum absolute atomic E-state index is 0.0809. The van der Waals surface area contributed by atoms with Gasteiger partial charge < -0.3 is 20.9 Å². The number of nitrogens with one attached hydrogen (secondary N) is 1. The Kier molecular flexibility index (Phi) is 6.14. The van der Waals surface area contributed by atoms with Crippen LogP contribution >= 0.6 is 0 Å². The van der Waals surface area contributed by atoms with Gasteiger partial charge in [-0.05, 0) is 56.8 Å². The van der Waals surface area contributed by atoms with Crippen molar-refractivity contribution >= 4 is 11.9 Å². The van der Waals surface area contributed by atoms with Crippen LogP contribution in [0.15, 0.2) is 30.3 Å². The number of amides is 3. The summed E-state index contributed by atoms with van der Waals surface area (Å²) in [6, 6.07) is 10.0. The van der Waals surface area contributed by atoms with Crippen LogP contribution in [-0.4, -0.2) is 61.5 Å². The molecule has 6 heteroatoms. The second-order valence-corrected chi connectivity index (χ2v) is 7.69. The molecule has 0 unspecified atom stereocenters. The molecule has 2 saturated heterocycles. The Balaban J connectivity index is 1.53. The Hall–Kier alpha value is -2.08. The highest BCUT2D eigenvalue weighted by Gasteiger charge is 2.42. The van der Waals surface area contributed by atoms with E-state index in [4.69, 9.17) is 5.73 Å². The molecule has 0 saturated carbocycles. The number of carbonyl (C=O) groups excluding carboxylic acids is 2. The predicted octanol–water partition coefficient (Wildman–Crippen LogP) is 1.31. The standard InChI is InChI=1S/C20H30N4O2/c1-23-11-8-16(9-12-23)17-13-24(14-18(17)19(21)25)20(26)22-10-7-15-5-3-2-4-6-15/h2-6,16-18H,7-14H2,1H3,(H2,21,25)(H,22,26)/t17-,18+/m0/s1. The average molecular weight is 358 g/mol. The third kappa shape index (κ3) is 4.55. The molecule has 3 N–H and O–H groups in total. The highest BCUT2D eigenvalue weighted by atomic mass is 16.2. The van der Waals surface area contributed by atoms with E-state index in [1.807, 2.05) is 18.2 Å². The van der Waals surface area contributed by atoms with E-state index >= 15 is 0 Å². The van der Waals surface area contributed by atoms with E-state index < -0.39 is 0 Å². The maximum Gasteiger partial charge on any atom is 0.317 e. The first-order valence-electron chi connectivity index (χ1n) is 9.59. The lowest BCUT2D eigenvalue weighted by atomic mass is 9.78. The van der Waals surface area contributed by atoms with Crippen molar-refractivity contribution in [3.05, 3.63) is 35.9 Å². The molecule has 2 atom stereocenters. The van der Waals surface area contributed by atoms with E-state index in [-0.39, 0.29) is 23.8 Å². The lowest BCUT2D eigenvalue weighted by molar-refractivity contribution is -0.123. The molecule has 142 valence electrons. The zero-order valence-corrected chi connectivity index (χ0v) is 15.6. The zero-order chi connectivity index (χ0) is 18.5. The van der Waals surface area contributed by atoms with Crippen LogP contribution in [0.25, 0.3) is 0 Å². The topological polar surface area (TPSA) is 78.7 Å². The van der Waals surface area contributed by atoms with Crippen LogP contribution in [0.3, 0.4) is 0 Å². The fraction of sp³-hybridized carbons (Fsp3) is 0.600. The number of likely N-dealkylation sites (tertiary alicyclic amines) is 2. The van der Waals surface area contributed by atoms with Crippen LogP contribution in [0, 0.1) is 17.8 Å². The zero-order valence-electron chi connectivity index (χ0n) is 15.6. The van der Waals surface area contributed by atoms with Crippen molar-refractivity contribution in [1.29, 1.82) is 0 Å². The van der Waals surface area contributed by atoms with Gasteiger partial charge in [0.05, 0.1) is 5.92 Å². The van der Waals surface area contributed by atoms with Gasteiger partial charge in [0.15, 0.2) is 0 Å². The second kappa shape index (κ2) is 8.54. The first-order chi connectivity index (χ1) is 12.5. The first kappa shape index (κ1) is 18.7. The van der Waals surface area contributed by atoms with Gasteiger partial charge >= 0.3 is 6.03 Å². The number of hydrogen-bond acceptors (Lipinski definition) is 3. The van der Waals surface area contributed by atoms with E-state index in [9.17, 15) is 9.59 Å². The van der Waals surface area contributed by atoms with Crippen LogP contribution in [0.2, 0.25) is 0 Å². The Morgan fingerprint density at radius 2 is 1.85 bits per heavy atom. The molecule has 2 aliphatic heterocycles. The number of benzene rings is 1. The molecule has 0 aliphatic carbocycles. The summed E-state index contributed by atoms with van der Waals surface area (Å²) >= 11 is 0. The van der Waals surface area contributed by atoms with E-state index in [0.717, 1.165) is 32.4 Å². The minimum Gasteiger partial charge on any atom is -0.369 e. The second-order valence-electron chi connectivity index (χ2n) is 7.69. The Morgan fingerprint density at radius 3 is 2.50 bits per heavy atom. The van der Waals surface area contributed by atoms with Gasteiger partial charge in [0.25, 0.3) is 0 Å². The maximum atomic E-state index is 12.5. The van der Waals surface area contributed by atoms with Crippen molar-refractivity contribution in [3.63, 3.8) is 0 Å². The van der Waals surface area contributed by atoms with Crippen molar-refractivity contribution < 1.29 is 9.59 Å². The number of nitrogens with two attached hydrogens (primary N) is 1. The van der Waals surface area contributed by atoms with Crippen molar-refractivity contribution in [3.8, 4) is 0 Å². The Labute approximate surface area is 155 Å². The lowest BCUT2D eigenvalue weighted by Gasteiger charge is -2.34. The number of piperidine rings is 1. The molecule has 2 aliphatic rings. The fourth-order valence-electron chi connectivity index (χ4n) is 4.30. The third-order valence-corrected chi connectivity index (χ3v) is 5.92. The summed E-state index contributed by atoms with van der Waals surface area (Å²) in [7, 11) is 2.13. The normalized spacial score (nSPS) is 24.6. The summed E-state index contributed by atoms with van der Waals surface area (Å²) < 4.78 is 0. The van der Waals surface area contributed by atoms with Gasteiger partial charge in [0, 0.05) is 19.6 Å². The summed E-state index contributed by atoms with van der Waals surface area (Å²) in [5, 5.41) is 2.99. The van der Waals surface area contributed by atoms with Crippen molar-refractivity contribution in [2.24, 2.45) is 23.5 Å². The summed E-state index contributed by atoms with van der Waals surface area (Å²) in [6.07, 6.45) is 2.96. The van der Waals surface area contributed by atoms with Crippen molar-refractivity contribution in [2.75, 3.05) is 39.8 Å². The Bertz CT molecular complexity index is 613. The molecule has 2 heterocycles. The van der Waals surface area contributed by atoms with E-state index in [0.29, 0.717) is 25.6 Å². The van der Waals surface area contributed by atoms with E-state index in [1.165, 1.54) is 5.56 Å². The quantitative estimate of drug-likeness (QED) is 0.833. The maximum absolute atomic E-state index is 12.5. The SMILES string of the molecule is CN1CCC([C@@H]2CN(C(=O)NCCc3ccccc3)C[C@H]2C(N)=O)CC1. The largest absolute Gasteiger partial charge is 0.369 e. The molecule has 2 fully saturated rings. The van der Waals surface area contributed by atoms with Gasteiger partial charge in [0.1, 0.15) is 0 Å². The smallest absolute Gasteiger partial charge is 0.317 e. The number of carbonyl (C=O) groups is 2. The van der Waals surface area contributed by atoms with Crippen LogP contribution in [0.1, 0.15) is 18.4 Å². The first-order valence-corrected chi connectivity index (χ1v) is 9.59. The average Bonchev–Trinajstić information content (AvgIpc) is 3.09. The van der Waals surface area contributed by atoms with Crippen LogP contribution < -0.4 is 11.1 Å². The van der Waals surface area contributed by atoms with Gasteiger partial charge in [-0.15, -0.1) is 0 Å². The van der Waals surface area contributed by atoms with Gasteiger partial charge in [-0.25, -0.2) is 4.79 Å². The molecule has 0 bridgehead atoms. The van der Waals surface area contributed by atoms with Gasteiger partial charge in [-0.2, -0.15) is 0 Å². The van der Waals surface area contributed by atoms with Crippen molar-refractivity contribution in [2.45, 2.75) is 19.3 Å². The van der Waals surface area contributed by atoms with Crippen LogP contribution in [-0.2, 0) is 11.2 Å². The molecule has 26 heavy (non-hydrogen) atoms. The summed E-state index contributed by atoms with van der Waals surface area (Å²) in [5.41, 5.74) is 6.86. The highest BCUT2D eigenvalue weighted by Crippen LogP contribution is 2.35. The third-order valence-electron chi connectivity index (χ3n) is 5.92. The highest BCUT2D eigenvalue weighted by molar-refractivity contribution is 5.80. The van der Waals surface area contributed by atoms with E-state index in [2.05, 4.69) is 29.4 Å². The number of rotatable bonds is 5. The monoisotopic (exact) mass is 358 g/mol. The Morgan fingerprint density at radius 1 is 1.15 bits per heavy atom. The molecule has 6 nitrogen and oxygen atoms in total. The molecule has 1 aromatic carbocycles. The molecule has 0 radical (unpaired) electrons. The van der Waals surface area contributed by atoms with Crippen molar-refractivity contribution in [1.82, 2.24) is 15.1 Å². The summed E-state index contributed by atoms with van der Waals surface area (Å²) in [4.78, 5) is 28.6. The van der Waals surface area contributed by atoms with Gasteiger partial charge in [-0.1, -0.05) is 30.3 Å². The van der Waals surface area contributed by atoms with Gasteiger partial charge in [0.2, 0.25) is 5.91 Å². The number of primary amides is 1. The molecular formula is C20H30N4O2. The predicted molar refractivity (Wildman–Crippen MR) is 102 cm³/mol.